The first-order valence-electron chi connectivity index (χ1n) is 6.12. The van der Waals surface area contributed by atoms with Gasteiger partial charge in [-0.3, -0.25) is 0 Å². The minimum absolute atomic E-state index is 0.739. The van der Waals surface area contributed by atoms with Crippen LogP contribution in [0.5, 0.6) is 0 Å². The van der Waals surface area contributed by atoms with E-state index in [1.807, 2.05) is 0 Å². The molecular weight excluding hydrogens is 463 g/mol. The molecule has 0 fully saturated rings. The number of halogens is 13. The van der Waals surface area contributed by atoms with Gasteiger partial charge in [-0.2, -0.15) is 65.5 Å². The van der Waals surface area contributed by atoms with Crippen LogP contribution in [0.3, 0.4) is 0 Å². The average molecular weight is 472 g/mol. The Morgan fingerprint density at radius 1 is 0.593 bits per heavy atom. The van der Waals surface area contributed by atoms with Gasteiger partial charge < -0.3 is 3.87 Å². The highest BCUT2D eigenvalue weighted by Gasteiger charge is 2.92. The van der Waals surface area contributed by atoms with Gasteiger partial charge in [-0.25, -0.2) is 0 Å². The van der Waals surface area contributed by atoms with Crippen molar-refractivity contribution in [3.63, 3.8) is 0 Å². The third-order valence-corrected chi connectivity index (χ3v) is 6.34. The van der Waals surface area contributed by atoms with Crippen molar-refractivity contribution in [2.45, 2.75) is 54.8 Å². The Balaban J connectivity index is 6.57. The second-order valence-electron chi connectivity index (χ2n) is 5.96. The van der Waals surface area contributed by atoms with Gasteiger partial charge in [0.2, 0.25) is 8.32 Å². The largest absolute Gasteiger partial charge is 0.460 e. The van der Waals surface area contributed by atoms with Gasteiger partial charge in [-0.15, -0.1) is 0 Å². The lowest BCUT2D eigenvalue weighted by molar-refractivity contribution is -0.433. The van der Waals surface area contributed by atoms with E-state index in [4.69, 9.17) is 0 Å². The van der Waals surface area contributed by atoms with Crippen LogP contribution in [-0.4, -0.2) is 51.9 Å². The van der Waals surface area contributed by atoms with Crippen molar-refractivity contribution < 1.29 is 69.4 Å². The molecule has 18 heteroatoms. The molecule has 3 nitrogen and oxygen atoms in total. The zero-order valence-corrected chi connectivity index (χ0v) is 14.9. The predicted octanol–water partition coefficient (Wildman–Crippen LogP) is 4.86. The number of rotatable bonds is 7. The SMILES string of the molecule is C[Si](C)(C)OS(=O)(=O)C(F)(F)C(F)(F)C(F)(F)C(F)(F)C(F)(F)C(F)(F)F. The van der Waals surface area contributed by atoms with Gasteiger partial charge in [0.1, 0.15) is 0 Å². The molecule has 0 bridgehead atoms. The molecule has 0 spiro atoms. The summed E-state index contributed by atoms with van der Waals surface area (Å²) in [5.41, 5.74) is 0. The maximum atomic E-state index is 13.4. The van der Waals surface area contributed by atoms with Crippen molar-refractivity contribution in [1.29, 1.82) is 0 Å². The molecule has 0 aliphatic rings. The van der Waals surface area contributed by atoms with E-state index in [1.165, 1.54) is 0 Å². The molecular formula is C9H9F13O3SSi. The number of hydrogen-bond donors (Lipinski definition) is 0. The fraction of sp³-hybridized carbons (Fsp3) is 1.00. The van der Waals surface area contributed by atoms with E-state index < -0.39 is 53.6 Å². The van der Waals surface area contributed by atoms with Gasteiger partial charge in [0, 0.05) is 0 Å². The highest BCUT2D eigenvalue weighted by atomic mass is 32.2. The van der Waals surface area contributed by atoms with Crippen LogP contribution in [0.25, 0.3) is 0 Å². The van der Waals surface area contributed by atoms with Gasteiger partial charge in [-0.05, 0) is 19.6 Å². The molecule has 0 amide bonds. The summed E-state index contributed by atoms with van der Waals surface area (Å²) in [5.74, 6) is -32.2. The van der Waals surface area contributed by atoms with Gasteiger partial charge >= 0.3 is 45.2 Å². The summed E-state index contributed by atoms with van der Waals surface area (Å²) in [6.45, 7) is 2.22. The van der Waals surface area contributed by atoms with Crippen molar-refractivity contribution in [2.75, 3.05) is 0 Å². The van der Waals surface area contributed by atoms with Crippen LogP contribution in [-0.2, 0) is 14.0 Å². The molecule has 0 saturated carbocycles. The van der Waals surface area contributed by atoms with E-state index >= 15 is 0 Å². The average Bonchev–Trinajstić information content (AvgIpc) is 2.33. The Morgan fingerprint density at radius 3 is 1.15 bits per heavy atom. The third-order valence-electron chi connectivity index (χ3n) is 2.58. The number of hydrogen-bond acceptors (Lipinski definition) is 3. The predicted molar refractivity (Wildman–Crippen MR) is 64.1 cm³/mol. The van der Waals surface area contributed by atoms with Crippen LogP contribution in [0.15, 0.2) is 0 Å². The summed E-state index contributed by atoms with van der Waals surface area (Å²) in [6, 6.07) is 0. The normalized spacial score (nSPS) is 16.6. The first kappa shape index (κ1) is 26.2. The monoisotopic (exact) mass is 472 g/mol. The zero-order chi connectivity index (χ0) is 22.7. The molecule has 0 aliphatic heterocycles. The maximum absolute atomic E-state index is 13.4. The van der Waals surface area contributed by atoms with Gasteiger partial charge in [-0.1, -0.05) is 0 Å². The van der Waals surface area contributed by atoms with Crippen LogP contribution in [0.2, 0.25) is 19.6 Å². The molecule has 0 N–H and O–H groups in total. The molecule has 0 rings (SSSR count). The Kier molecular flexibility index (Phi) is 6.18. The molecule has 0 atom stereocenters. The van der Waals surface area contributed by atoms with Crippen LogP contribution < -0.4 is 0 Å². The summed E-state index contributed by atoms with van der Waals surface area (Å²) in [4.78, 5) is 0. The zero-order valence-electron chi connectivity index (χ0n) is 13.0. The quantitative estimate of drug-likeness (QED) is 0.393. The fourth-order valence-electron chi connectivity index (χ4n) is 1.29. The number of alkyl halides is 13. The highest BCUT2D eigenvalue weighted by Crippen LogP contribution is 2.61. The molecule has 164 valence electrons. The first-order chi connectivity index (χ1) is 11.2. The van der Waals surface area contributed by atoms with E-state index in [0.29, 0.717) is 0 Å². The molecule has 0 unspecified atom stereocenters. The second-order valence-corrected chi connectivity index (χ2v) is 12.3. The Hall–Kier alpha value is -0.783. The molecule has 0 aromatic rings. The van der Waals surface area contributed by atoms with Crippen LogP contribution in [0.1, 0.15) is 0 Å². The van der Waals surface area contributed by atoms with E-state index in [0.717, 1.165) is 19.6 Å². The van der Waals surface area contributed by atoms with Crippen molar-refractivity contribution in [1.82, 2.24) is 0 Å². The minimum atomic E-state index is -8.18. The van der Waals surface area contributed by atoms with Crippen molar-refractivity contribution in [3.8, 4) is 0 Å². The van der Waals surface area contributed by atoms with Gasteiger partial charge in [0.15, 0.2) is 0 Å². The molecule has 0 aliphatic carbocycles. The summed E-state index contributed by atoms with van der Waals surface area (Å²) < 4.78 is 192. The lowest BCUT2D eigenvalue weighted by atomic mass is 9.98. The molecule has 0 radical (unpaired) electrons. The second kappa shape index (κ2) is 6.36. The molecule has 0 saturated heterocycles. The lowest BCUT2D eigenvalue weighted by Crippen LogP contribution is -2.71. The summed E-state index contributed by atoms with van der Waals surface area (Å²) >= 11 is 0. The molecule has 0 aromatic heterocycles. The summed E-state index contributed by atoms with van der Waals surface area (Å²) in [5, 5.41) is -7.30. The van der Waals surface area contributed by atoms with Crippen molar-refractivity contribution >= 4 is 18.4 Å². The third kappa shape index (κ3) is 3.88. The molecule has 27 heavy (non-hydrogen) atoms. The fourth-order valence-corrected chi connectivity index (χ4v) is 4.79. The molecule has 0 heterocycles. The van der Waals surface area contributed by atoms with E-state index in [9.17, 15) is 65.5 Å². The van der Waals surface area contributed by atoms with E-state index in [2.05, 4.69) is 3.87 Å². The Morgan fingerprint density at radius 2 is 0.889 bits per heavy atom. The summed E-state index contributed by atoms with van der Waals surface area (Å²) in [7, 11) is -11.0. The van der Waals surface area contributed by atoms with Gasteiger partial charge in [0.05, 0.1) is 0 Å². The van der Waals surface area contributed by atoms with Crippen LogP contribution >= 0.6 is 0 Å². The smallest absolute Gasteiger partial charge is 0.311 e. The van der Waals surface area contributed by atoms with Crippen molar-refractivity contribution in [3.05, 3.63) is 0 Å². The maximum Gasteiger partial charge on any atom is 0.460 e. The Labute approximate surface area is 143 Å². The Bertz CT molecular complexity index is 661. The van der Waals surface area contributed by atoms with Crippen LogP contribution in [0.4, 0.5) is 57.1 Å². The van der Waals surface area contributed by atoms with E-state index in [1.54, 1.807) is 0 Å². The topological polar surface area (TPSA) is 43.4 Å². The molecule has 0 aromatic carbocycles. The summed E-state index contributed by atoms with van der Waals surface area (Å²) in [6.07, 6.45) is -7.57. The minimum Gasteiger partial charge on any atom is -0.311 e. The highest BCUT2D eigenvalue weighted by molar-refractivity contribution is 7.88. The van der Waals surface area contributed by atoms with Crippen LogP contribution in [0, 0.1) is 0 Å². The van der Waals surface area contributed by atoms with E-state index in [-0.39, 0.29) is 0 Å². The standard InChI is InChI=1S/C9H9F13O3SSi/c1-27(2,3)25-26(23,24)9(21,22)7(16,17)5(12,13)4(10,11)6(14,15)8(18,19)20/h1-3H3. The van der Waals surface area contributed by atoms with Crippen molar-refractivity contribution in [2.24, 2.45) is 0 Å². The lowest BCUT2D eigenvalue weighted by Gasteiger charge is -2.39. The van der Waals surface area contributed by atoms with Gasteiger partial charge in [0.25, 0.3) is 0 Å². The first-order valence-corrected chi connectivity index (χ1v) is 10.9.